The van der Waals surface area contributed by atoms with Crippen molar-refractivity contribution in [1.82, 2.24) is 0 Å². The van der Waals surface area contributed by atoms with Crippen molar-refractivity contribution >= 4 is 0 Å². The molecule has 0 aromatic rings. The van der Waals surface area contributed by atoms with Gasteiger partial charge in [-0.2, -0.15) is 0 Å². The lowest BCUT2D eigenvalue weighted by Crippen LogP contribution is -2.13. The van der Waals surface area contributed by atoms with Gasteiger partial charge in [-0.3, -0.25) is 0 Å². The van der Waals surface area contributed by atoms with Gasteiger partial charge < -0.3 is 5.11 Å². The number of aliphatic hydroxyl groups excluding tert-OH is 1. The van der Waals surface area contributed by atoms with Crippen molar-refractivity contribution in [2.24, 2.45) is 5.41 Å². The highest BCUT2D eigenvalue weighted by molar-refractivity contribution is 4.96. The molecule has 0 heterocycles. The van der Waals surface area contributed by atoms with Crippen molar-refractivity contribution in [3.63, 3.8) is 0 Å². The molecule has 0 fully saturated rings. The van der Waals surface area contributed by atoms with Crippen LogP contribution in [0, 0.1) is 5.41 Å². The van der Waals surface area contributed by atoms with Crippen molar-refractivity contribution in [3.8, 4) is 0 Å². The van der Waals surface area contributed by atoms with Crippen LogP contribution in [0.4, 0.5) is 0 Å². The Balaban J connectivity index is 3.63. The average molecular weight is 156 g/mol. The molecular formula is C10H20O. The number of hydrogen-bond donors (Lipinski definition) is 1. The highest BCUT2D eigenvalue weighted by Crippen LogP contribution is 2.22. The second-order valence-electron chi connectivity index (χ2n) is 4.46. The van der Waals surface area contributed by atoms with Crippen LogP contribution in [0.1, 0.15) is 40.5 Å². The summed E-state index contributed by atoms with van der Waals surface area (Å²) in [6.45, 7) is 12.1. The molecule has 11 heavy (non-hydrogen) atoms. The summed E-state index contributed by atoms with van der Waals surface area (Å²) < 4.78 is 0. The Morgan fingerprint density at radius 2 is 1.91 bits per heavy atom. The van der Waals surface area contributed by atoms with Gasteiger partial charge in [0.05, 0.1) is 6.10 Å². The van der Waals surface area contributed by atoms with Gasteiger partial charge in [-0.15, -0.1) is 0 Å². The third-order valence-corrected chi connectivity index (χ3v) is 1.74. The summed E-state index contributed by atoms with van der Waals surface area (Å²) in [7, 11) is 0. The van der Waals surface area contributed by atoms with Crippen molar-refractivity contribution in [2.75, 3.05) is 0 Å². The van der Waals surface area contributed by atoms with Gasteiger partial charge in [0.25, 0.3) is 0 Å². The summed E-state index contributed by atoms with van der Waals surface area (Å²) >= 11 is 0. The SMILES string of the molecule is C=C(C)C(O)CCC(C)(C)C. The molecule has 0 aromatic heterocycles. The monoisotopic (exact) mass is 156 g/mol. The molecule has 0 saturated carbocycles. The Kier molecular flexibility index (Phi) is 3.81. The zero-order valence-electron chi connectivity index (χ0n) is 8.15. The minimum absolute atomic E-state index is 0.311. The minimum Gasteiger partial charge on any atom is -0.389 e. The summed E-state index contributed by atoms with van der Waals surface area (Å²) in [4.78, 5) is 0. The molecular weight excluding hydrogens is 136 g/mol. The molecule has 0 aliphatic heterocycles. The van der Waals surface area contributed by atoms with E-state index in [1.54, 1.807) is 0 Å². The Bertz CT molecular complexity index is 130. The first-order valence-electron chi connectivity index (χ1n) is 4.16. The fourth-order valence-corrected chi connectivity index (χ4v) is 0.816. The molecule has 0 radical (unpaired) electrons. The molecule has 1 nitrogen and oxygen atoms in total. The van der Waals surface area contributed by atoms with Crippen molar-refractivity contribution in [2.45, 2.75) is 46.6 Å². The highest BCUT2D eigenvalue weighted by Gasteiger charge is 2.13. The second-order valence-corrected chi connectivity index (χ2v) is 4.46. The second kappa shape index (κ2) is 3.91. The van der Waals surface area contributed by atoms with E-state index in [4.69, 9.17) is 0 Å². The third kappa shape index (κ3) is 6.11. The van der Waals surface area contributed by atoms with Crippen LogP contribution in [-0.4, -0.2) is 11.2 Å². The van der Waals surface area contributed by atoms with Gasteiger partial charge in [0, 0.05) is 0 Å². The van der Waals surface area contributed by atoms with E-state index in [-0.39, 0.29) is 6.10 Å². The summed E-state index contributed by atoms with van der Waals surface area (Å²) in [5, 5.41) is 9.39. The van der Waals surface area contributed by atoms with Crippen molar-refractivity contribution in [3.05, 3.63) is 12.2 Å². The Morgan fingerprint density at radius 1 is 1.45 bits per heavy atom. The Morgan fingerprint density at radius 3 is 2.18 bits per heavy atom. The summed E-state index contributed by atoms with van der Waals surface area (Å²) in [5.41, 5.74) is 1.19. The number of rotatable bonds is 3. The quantitative estimate of drug-likeness (QED) is 0.623. The third-order valence-electron chi connectivity index (χ3n) is 1.74. The number of hydrogen-bond acceptors (Lipinski definition) is 1. The van der Waals surface area contributed by atoms with E-state index in [1.807, 2.05) is 6.92 Å². The fraction of sp³-hybridized carbons (Fsp3) is 0.800. The van der Waals surface area contributed by atoms with Crippen molar-refractivity contribution in [1.29, 1.82) is 0 Å². The van der Waals surface area contributed by atoms with Gasteiger partial charge in [-0.1, -0.05) is 32.9 Å². The van der Waals surface area contributed by atoms with E-state index < -0.39 is 0 Å². The first-order valence-corrected chi connectivity index (χ1v) is 4.16. The Hall–Kier alpha value is -0.300. The lowest BCUT2D eigenvalue weighted by atomic mass is 9.88. The molecule has 0 bridgehead atoms. The van der Waals surface area contributed by atoms with Gasteiger partial charge in [0.1, 0.15) is 0 Å². The maximum absolute atomic E-state index is 9.39. The molecule has 1 heteroatoms. The molecule has 0 spiro atoms. The molecule has 0 aliphatic rings. The van der Waals surface area contributed by atoms with Crippen LogP contribution in [0.25, 0.3) is 0 Å². The Labute approximate surface area is 70.1 Å². The first-order chi connectivity index (χ1) is 4.83. The molecule has 0 aromatic carbocycles. The molecule has 0 rings (SSSR count). The average Bonchev–Trinajstić information content (AvgIpc) is 1.80. The highest BCUT2D eigenvalue weighted by atomic mass is 16.3. The molecule has 66 valence electrons. The van der Waals surface area contributed by atoms with Gasteiger partial charge in [-0.05, 0) is 25.2 Å². The predicted molar refractivity (Wildman–Crippen MR) is 49.5 cm³/mol. The van der Waals surface area contributed by atoms with E-state index in [0.29, 0.717) is 5.41 Å². The number of aliphatic hydroxyl groups is 1. The maximum Gasteiger partial charge on any atom is 0.0745 e. The normalized spacial score (nSPS) is 14.6. The van der Waals surface area contributed by atoms with Crippen LogP contribution in [0.3, 0.4) is 0 Å². The van der Waals surface area contributed by atoms with Gasteiger partial charge in [0.15, 0.2) is 0 Å². The lowest BCUT2D eigenvalue weighted by Gasteiger charge is -2.20. The van der Waals surface area contributed by atoms with Gasteiger partial charge in [0.2, 0.25) is 0 Å². The summed E-state index contributed by atoms with van der Waals surface area (Å²) in [6.07, 6.45) is 1.56. The van der Waals surface area contributed by atoms with Crippen LogP contribution in [0.15, 0.2) is 12.2 Å². The van der Waals surface area contributed by atoms with Crippen LogP contribution in [0.5, 0.6) is 0 Å². The molecule has 0 amide bonds. The standard InChI is InChI=1S/C10H20O/c1-8(2)9(11)6-7-10(3,4)5/h9,11H,1,6-7H2,2-5H3. The molecule has 0 aliphatic carbocycles. The van der Waals surface area contributed by atoms with E-state index in [2.05, 4.69) is 27.4 Å². The van der Waals surface area contributed by atoms with E-state index in [9.17, 15) is 5.11 Å². The van der Waals surface area contributed by atoms with E-state index in [1.165, 1.54) is 0 Å². The zero-order valence-corrected chi connectivity index (χ0v) is 8.15. The topological polar surface area (TPSA) is 20.2 Å². The van der Waals surface area contributed by atoms with Gasteiger partial charge in [-0.25, -0.2) is 0 Å². The van der Waals surface area contributed by atoms with Gasteiger partial charge >= 0.3 is 0 Å². The molecule has 1 N–H and O–H groups in total. The molecule has 1 atom stereocenters. The maximum atomic E-state index is 9.39. The zero-order chi connectivity index (χ0) is 9.07. The largest absolute Gasteiger partial charge is 0.389 e. The summed E-state index contributed by atoms with van der Waals surface area (Å²) in [6, 6.07) is 0. The fourth-order valence-electron chi connectivity index (χ4n) is 0.816. The lowest BCUT2D eigenvalue weighted by molar-refractivity contribution is 0.178. The minimum atomic E-state index is -0.311. The van der Waals surface area contributed by atoms with Crippen LogP contribution in [0.2, 0.25) is 0 Å². The smallest absolute Gasteiger partial charge is 0.0745 e. The van der Waals surface area contributed by atoms with Crippen molar-refractivity contribution < 1.29 is 5.11 Å². The van der Waals surface area contributed by atoms with Crippen LogP contribution >= 0.6 is 0 Å². The van der Waals surface area contributed by atoms with E-state index >= 15 is 0 Å². The predicted octanol–water partition coefficient (Wildman–Crippen LogP) is 2.75. The molecule has 1 unspecified atom stereocenters. The van der Waals surface area contributed by atoms with Crippen LogP contribution < -0.4 is 0 Å². The molecule has 0 saturated heterocycles. The van der Waals surface area contributed by atoms with E-state index in [0.717, 1.165) is 18.4 Å². The van der Waals surface area contributed by atoms with Crippen LogP contribution in [-0.2, 0) is 0 Å². The summed E-state index contributed by atoms with van der Waals surface area (Å²) in [5.74, 6) is 0. The first kappa shape index (κ1) is 10.7.